The molecule has 0 aliphatic rings. The van der Waals surface area contributed by atoms with Gasteiger partial charge in [-0.25, -0.2) is 17.9 Å². The first kappa shape index (κ1) is 32.3. The van der Waals surface area contributed by atoms with E-state index in [1.54, 1.807) is 0 Å². The summed E-state index contributed by atoms with van der Waals surface area (Å²) in [5.74, 6) is -7.12. The van der Waals surface area contributed by atoms with Gasteiger partial charge in [0.1, 0.15) is 5.82 Å². The summed E-state index contributed by atoms with van der Waals surface area (Å²) in [6.07, 6.45) is 0. The summed E-state index contributed by atoms with van der Waals surface area (Å²) in [5.41, 5.74) is -0.376. The second-order valence-corrected chi connectivity index (χ2v) is 9.57. The summed E-state index contributed by atoms with van der Waals surface area (Å²) >= 11 is 0. The van der Waals surface area contributed by atoms with E-state index in [-0.39, 0.29) is 31.9 Å². The lowest BCUT2D eigenvalue weighted by Gasteiger charge is -2.28. The molecule has 0 aromatic heterocycles. The van der Waals surface area contributed by atoms with E-state index in [4.69, 9.17) is 25.6 Å². The number of halogens is 1. The molecule has 0 fully saturated rings. The Labute approximate surface area is 216 Å². The van der Waals surface area contributed by atoms with Crippen molar-refractivity contribution in [2.24, 2.45) is 5.14 Å². The highest BCUT2D eigenvalue weighted by atomic mass is 32.2. The van der Waals surface area contributed by atoms with Crippen molar-refractivity contribution in [1.29, 1.82) is 0 Å². The van der Waals surface area contributed by atoms with Gasteiger partial charge in [0.15, 0.2) is 0 Å². The SMILES string of the molecule is NS(=O)(=O)c1ccc(NC(=O)CN(CCN(CC(=O)O)CC(=O)O)CCN(CC(=O)O)CC(=O)O)c(F)c1. The molecular weight excluding hydrogens is 537 g/mol. The highest BCUT2D eigenvalue weighted by Crippen LogP contribution is 2.18. The van der Waals surface area contributed by atoms with E-state index in [0.717, 1.165) is 21.9 Å². The van der Waals surface area contributed by atoms with Gasteiger partial charge >= 0.3 is 23.9 Å². The molecule has 1 rings (SSSR count). The lowest BCUT2D eigenvalue weighted by atomic mass is 10.3. The fourth-order valence-corrected chi connectivity index (χ4v) is 3.72. The third-order valence-corrected chi connectivity index (χ3v) is 5.72. The fraction of sp³-hybridized carbons (Fsp3) is 0.450. The number of rotatable bonds is 18. The van der Waals surface area contributed by atoms with Gasteiger partial charge in [-0.2, -0.15) is 0 Å². The molecule has 0 aliphatic carbocycles. The number of carboxylic acid groups (broad SMARTS) is 4. The van der Waals surface area contributed by atoms with Gasteiger partial charge in [-0.1, -0.05) is 0 Å². The zero-order valence-corrected chi connectivity index (χ0v) is 20.8. The van der Waals surface area contributed by atoms with Crippen LogP contribution < -0.4 is 10.5 Å². The summed E-state index contributed by atoms with van der Waals surface area (Å²) in [5, 5.41) is 43.2. The summed E-state index contributed by atoms with van der Waals surface area (Å²) < 4.78 is 37.0. The first-order valence-corrected chi connectivity index (χ1v) is 12.3. The molecule has 7 N–H and O–H groups in total. The molecule has 18 heteroatoms. The zero-order valence-electron chi connectivity index (χ0n) is 19.9. The zero-order chi connectivity index (χ0) is 29.0. The van der Waals surface area contributed by atoms with Crippen molar-refractivity contribution in [1.82, 2.24) is 14.7 Å². The van der Waals surface area contributed by atoms with Crippen molar-refractivity contribution in [2.45, 2.75) is 4.90 Å². The first-order valence-electron chi connectivity index (χ1n) is 10.7. The van der Waals surface area contributed by atoms with E-state index < -0.39 is 83.2 Å². The molecule has 1 amide bonds. The molecule has 0 unspecified atom stereocenters. The topological polar surface area (TPSA) is 248 Å². The quantitative estimate of drug-likeness (QED) is 0.109. The number of nitrogens with one attached hydrogen (secondary N) is 1. The van der Waals surface area contributed by atoms with Crippen LogP contribution in [-0.4, -0.2) is 132 Å². The molecule has 0 atom stereocenters. The second kappa shape index (κ2) is 14.9. The third kappa shape index (κ3) is 13.0. The number of carbonyl (C=O) groups excluding carboxylic acids is 1. The van der Waals surface area contributed by atoms with Gasteiger partial charge in [0.2, 0.25) is 15.9 Å². The van der Waals surface area contributed by atoms with Gasteiger partial charge in [0.25, 0.3) is 0 Å². The highest BCUT2D eigenvalue weighted by Gasteiger charge is 2.20. The molecule has 0 radical (unpaired) electrons. The lowest BCUT2D eigenvalue weighted by molar-refractivity contribution is -0.143. The number of primary sulfonamides is 1. The maximum absolute atomic E-state index is 14.3. The van der Waals surface area contributed by atoms with Crippen LogP contribution in [0.2, 0.25) is 0 Å². The number of hydrogen-bond acceptors (Lipinski definition) is 10. The average molecular weight is 566 g/mol. The summed E-state index contributed by atoms with van der Waals surface area (Å²) in [6.45, 7) is -3.49. The molecule has 16 nitrogen and oxygen atoms in total. The number of benzene rings is 1. The molecule has 38 heavy (non-hydrogen) atoms. The maximum Gasteiger partial charge on any atom is 0.317 e. The lowest BCUT2D eigenvalue weighted by Crippen LogP contribution is -2.46. The van der Waals surface area contributed by atoms with Crippen LogP contribution in [0, 0.1) is 5.82 Å². The molecule has 0 heterocycles. The molecular formula is C20H28FN5O11S. The molecule has 0 aliphatic heterocycles. The Bertz CT molecular complexity index is 1080. The highest BCUT2D eigenvalue weighted by molar-refractivity contribution is 7.89. The molecule has 0 saturated heterocycles. The van der Waals surface area contributed by atoms with Crippen LogP contribution in [0.5, 0.6) is 0 Å². The molecule has 212 valence electrons. The van der Waals surface area contributed by atoms with Gasteiger partial charge in [0, 0.05) is 26.2 Å². The number of carboxylic acids is 4. The van der Waals surface area contributed by atoms with E-state index in [0.29, 0.717) is 6.07 Å². The van der Waals surface area contributed by atoms with Crippen molar-refractivity contribution in [3.05, 3.63) is 24.0 Å². The minimum absolute atomic E-state index is 0.102. The Morgan fingerprint density at radius 2 is 1.13 bits per heavy atom. The van der Waals surface area contributed by atoms with Crippen LogP contribution in [0.1, 0.15) is 0 Å². The maximum atomic E-state index is 14.3. The summed E-state index contributed by atoms with van der Waals surface area (Å²) in [4.78, 5) is 59.7. The predicted octanol–water partition coefficient (Wildman–Crippen LogP) is -2.34. The number of anilines is 1. The van der Waals surface area contributed by atoms with E-state index in [2.05, 4.69) is 5.32 Å². The average Bonchev–Trinajstić information content (AvgIpc) is 2.74. The van der Waals surface area contributed by atoms with Gasteiger partial charge in [0.05, 0.1) is 43.3 Å². The van der Waals surface area contributed by atoms with Crippen molar-refractivity contribution >= 4 is 45.5 Å². The molecule has 0 spiro atoms. The van der Waals surface area contributed by atoms with Crippen LogP contribution in [0.3, 0.4) is 0 Å². The molecule has 0 saturated carbocycles. The van der Waals surface area contributed by atoms with Crippen LogP contribution in [0.4, 0.5) is 10.1 Å². The number of carbonyl (C=O) groups is 5. The Morgan fingerprint density at radius 1 is 0.737 bits per heavy atom. The Balaban J connectivity index is 3.02. The van der Waals surface area contributed by atoms with Crippen molar-refractivity contribution < 1.29 is 57.2 Å². The van der Waals surface area contributed by atoms with Crippen molar-refractivity contribution in [3.8, 4) is 0 Å². The van der Waals surface area contributed by atoms with Gasteiger partial charge in [-0.05, 0) is 18.2 Å². The summed E-state index contributed by atoms with van der Waals surface area (Å²) in [7, 11) is -4.19. The number of nitrogens with zero attached hydrogens (tertiary/aromatic N) is 3. The van der Waals surface area contributed by atoms with E-state index in [1.165, 1.54) is 4.90 Å². The molecule has 0 bridgehead atoms. The summed E-state index contributed by atoms with van der Waals surface area (Å²) in [6, 6.07) is 2.55. The molecule has 1 aromatic carbocycles. The van der Waals surface area contributed by atoms with E-state index in [1.807, 2.05) is 0 Å². The number of nitrogens with two attached hydrogens (primary N) is 1. The second-order valence-electron chi connectivity index (χ2n) is 8.01. The smallest absolute Gasteiger partial charge is 0.317 e. The van der Waals surface area contributed by atoms with E-state index in [9.17, 15) is 36.8 Å². The Kier molecular flexibility index (Phi) is 12.7. The fourth-order valence-electron chi connectivity index (χ4n) is 3.20. The van der Waals surface area contributed by atoms with Crippen LogP contribution in [0.25, 0.3) is 0 Å². The number of amides is 1. The van der Waals surface area contributed by atoms with Crippen LogP contribution >= 0.6 is 0 Å². The van der Waals surface area contributed by atoms with E-state index >= 15 is 0 Å². The van der Waals surface area contributed by atoms with Crippen LogP contribution in [0.15, 0.2) is 23.1 Å². The van der Waals surface area contributed by atoms with Crippen molar-refractivity contribution in [3.63, 3.8) is 0 Å². The normalized spacial score (nSPS) is 11.6. The van der Waals surface area contributed by atoms with Crippen molar-refractivity contribution in [2.75, 3.05) is 64.2 Å². The molecule has 1 aromatic rings. The predicted molar refractivity (Wildman–Crippen MR) is 126 cm³/mol. The van der Waals surface area contributed by atoms with Gasteiger partial charge in [-0.15, -0.1) is 0 Å². The number of hydrogen-bond donors (Lipinski definition) is 6. The first-order chi connectivity index (χ1) is 17.6. The monoisotopic (exact) mass is 565 g/mol. The van der Waals surface area contributed by atoms with Crippen LogP contribution in [-0.2, 0) is 34.0 Å². The van der Waals surface area contributed by atoms with Gasteiger partial charge < -0.3 is 25.7 Å². The number of sulfonamides is 1. The third-order valence-electron chi connectivity index (χ3n) is 4.81. The largest absolute Gasteiger partial charge is 0.480 e. The minimum Gasteiger partial charge on any atom is -0.480 e. The Morgan fingerprint density at radius 3 is 1.47 bits per heavy atom. The Hall–Kier alpha value is -3.71. The number of aliphatic carboxylic acids is 4. The van der Waals surface area contributed by atoms with Gasteiger partial charge in [-0.3, -0.25) is 38.7 Å². The minimum atomic E-state index is -4.19. The standard InChI is InChI=1S/C20H28FN5O11S/c21-14-7-13(38(22,36)37)1-2-15(14)23-16(27)8-24(3-5-25(9-17(28)29)10-18(30)31)4-6-26(11-19(32)33)12-20(34)35/h1-2,7H,3-6,8-12H2,(H,23,27)(H,28,29)(H,30,31)(H,32,33)(H,34,35)(H2,22,36,37).